The molecule has 0 spiro atoms. The number of phosphoric acid groups is 2. The van der Waals surface area contributed by atoms with Gasteiger partial charge in [-0.3, -0.25) is 18.2 Å². The van der Waals surface area contributed by atoms with E-state index in [4.69, 9.17) is 35.6 Å². The highest BCUT2D eigenvalue weighted by molar-refractivity contribution is 8.44. The van der Waals surface area contributed by atoms with E-state index in [1.807, 2.05) is 0 Å². The Bertz CT molecular complexity index is 2180. The van der Waals surface area contributed by atoms with Gasteiger partial charge in [-0.1, -0.05) is 27.1 Å². The minimum Gasteiger partial charge on any atom is -0.387 e. The number of nitrogen functional groups attached to an aromatic ring is 2. The zero-order valence-electron chi connectivity index (χ0n) is 26.4. The number of ether oxygens (including phenoxy) is 2. The molecule has 0 aromatic carbocycles. The van der Waals surface area contributed by atoms with E-state index in [0.717, 1.165) is 6.33 Å². The summed E-state index contributed by atoms with van der Waals surface area (Å²) in [6, 6.07) is 0. The summed E-state index contributed by atoms with van der Waals surface area (Å²) < 4.78 is 64.7. The van der Waals surface area contributed by atoms with Crippen molar-refractivity contribution in [3.8, 4) is 0 Å². The molecule has 316 valence electrons. The van der Waals surface area contributed by atoms with Crippen LogP contribution in [0.5, 0.6) is 0 Å². The number of thiol groups is 1. The molecule has 4 aromatic rings. The van der Waals surface area contributed by atoms with Gasteiger partial charge >= 0.3 is 29.2 Å². The molecule has 2 aliphatic heterocycles. The van der Waals surface area contributed by atoms with Crippen LogP contribution in [-0.4, -0.2) is 134 Å². The Morgan fingerprint density at radius 1 is 0.679 bits per heavy atom. The average molecular weight is 919 g/mol. The molecule has 2 aliphatic rings. The Morgan fingerprint density at radius 3 is 1.48 bits per heavy atom. The number of imidazole rings is 2. The highest BCUT2D eigenvalue weighted by atomic mass is 32.7. The van der Waals surface area contributed by atoms with Crippen LogP contribution in [0, 0.1) is 0 Å². The molecule has 2 saturated heterocycles. The first-order valence-electron chi connectivity index (χ1n) is 14.3. The van der Waals surface area contributed by atoms with E-state index < -0.39 is 91.5 Å². The van der Waals surface area contributed by atoms with Crippen molar-refractivity contribution in [2.75, 3.05) is 24.7 Å². The van der Waals surface area contributed by atoms with E-state index in [9.17, 15) is 43.9 Å². The molecule has 0 saturated carbocycles. The molecule has 6 heterocycles. The summed E-state index contributed by atoms with van der Waals surface area (Å²) in [6.07, 6.45) is -5.66. The van der Waals surface area contributed by atoms with Gasteiger partial charge in [0, 0.05) is 0 Å². The average Bonchev–Trinajstić information content (AvgIpc) is 3.80. The summed E-state index contributed by atoms with van der Waals surface area (Å²) in [4.78, 5) is 69.1. The number of aliphatic hydroxyl groups excluding tert-OH is 4. The number of hydrogen-bond acceptors (Lipinski definition) is 22. The normalized spacial score (nSPS) is 28.3. The molecule has 28 nitrogen and oxygen atoms in total. The summed E-state index contributed by atoms with van der Waals surface area (Å²) in [6.45, 7) is -10.1. The first-order chi connectivity index (χ1) is 25.0. The summed E-state index contributed by atoms with van der Waals surface area (Å²) in [5.74, 6) is 0.222. The second kappa shape index (κ2) is 18.4. The maximum atomic E-state index is 11.9. The van der Waals surface area contributed by atoms with Gasteiger partial charge in [0.15, 0.2) is 35.4 Å². The Labute approximate surface area is 325 Å². The Hall–Kier alpha value is -2.21. The van der Waals surface area contributed by atoms with Gasteiger partial charge < -0.3 is 65.8 Å². The van der Waals surface area contributed by atoms with Gasteiger partial charge in [0.25, 0.3) is 0 Å². The topological polar surface area (TPSA) is 428 Å². The molecule has 13 N–H and O–H groups in total. The number of nitrogens with two attached hydrogens (primary N) is 2. The molecule has 2 fully saturated rings. The monoisotopic (exact) mass is 918 g/mol. The van der Waals surface area contributed by atoms with Crippen molar-refractivity contribution in [3.63, 3.8) is 0 Å². The predicted octanol–water partition coefficient (Wildman–Crippen LogP) is -1.17. The molecule has 6 rings (SSSR count). The highest BCUT2D eigenvalue weighted by Gasteiger charge is 2.47. The molecule has 0 bridgehead atoms. The fraction of sp³-hybridized carbons (Fsp3) is 0.545. The molecule has 0 amide bonds. The van der Waals surface area contributed by atoms with Crippen molar-refractivity contribution in [1.29, 1.82) is 0 Å². The van der Waals surface area contributed by atoms with Crippen LogP contribution in [0.15, 0.2) is 25.3 Å². The molecular formula is C22H38N10O18P4S2. The van der Waals surface area contributed by atoms with Crippen molar-refractivity contribution in [2.45, 2.75) is 63.9 Å². The van der Waals surface area contributed by atoms with Gasteiger partial charge in [0.2, 0.25) is 0 Å². The SMILES string of the molecule is C.C.Nc1ncnc2c1ncn2C1OC(COP(=O)(O)OP(=O)(O)OP(O)(O)=S)C(O)C1O.Nc1ncnc2c1ncn2C1OC(COP(=O)(O)S)C(O)C1O. The summed E-state index contributed by atoms with van der Waals surface area (Å²) in [5, 5.41) is 40.6. The molecule has 11 unspecified atom stereocenters. The lowest BCUT2D eigenvalue weighted by Gasteiger charge is -2.19. The molecule has 0 radical (unpaired) electrons. The van der Waals surface area contributed by atoms with Crippen molar-refractivity contribution >= 4 is 87.2 Å². The smallest absolute Gasteiger partial charge is 0.387 e. The number of anilines is 2. The van der Waals surface area contributed by atoms with Gasteiger partial charge in [-0.15, -0.1) is 0 Å². The van der Waals surface area contributed by atoms with Crippen LogP contribution in [0.3, 0.4) is 0 Å². The second-order valence-corrected chi connectivity index (χ2v) is 19.5. The number of aliphatic hydroxyl groups is 4. The lowest BCUT2D eigenvalue weighted by Crippen LogP contribution is -2.33. The lowest BCUT2D eigenvalue weighted by molar-refractivity contribution is -0.0503. The van der Waals surface area contributed by atoms with Crippen LogP contribution in [0.25, 0.3) is 22.3 Å². The van der Waals surface area contributed by atoms with E-state index in [-0.39, 0.29) is 37.7 Å². The maximum Gasteiger partial charge on any atom is 0.488 e. The Kier molecular flexibility index (Phi) is 15.8. The van der Waals surface area contributed by atoms with Crippen LogP contribution in [0.1, 0.15) is 27.3 Å². The largest absolute Gasteiger partial charge is 0.488 e. The fourth-order valence-electron chi connectivity index (χ4n) is 4.95. The van der Waals surface area contributed by atoms with E-state index in [1.165, 1.54) is 28.1 Å². The first kappa shape index (κ1) is 48.2. The molecular weight excluding hydrogens is 880 g/mol. The number of aromatic nitrogens is 8. The standard InChI is InChI=1S/C10H16N5O12P3S.C10H14N5O6PS.2CH4/c11-8-5-9(13-2-12-8)15(3-14-5)10-7(17)6(16)4(25-10)1-24-28(18,19)26-29(20,21)27-30(22,23)31;11-8-5-9(13-2-12-8)15(3-14-5)10-7(17)6(16)4(21-10)1-20-22(18,19)23;;/h2-4,6-7,10,16-17H,1H2,(H,18,19)(H,20,21)(H2,11,12,13)(H2,22,23,31);2-4,6-7,10,16-17H,1H2,(H2,11,12,13)(H2,18,19,23);2*1H4. The van der Waals surface area contributed by atoms with Crippen LogP contribution in [0.4, 0.5) is 11.6 Å². The number of fused-ring (bicyclic) bond motifs is 2. The third-order valence-electron chi connectivity index (χ3n) is 7.22. The zero-order chi connectivity index (χ0) is 40.0. The molecule has 56 heavy (non-hydrogen) atoms. The summed E-state index contributed by atoms with van der Waals surface area (Å²) in [7, 11) is -10.8. The van der Waals surface area contributed by atoms with E-state index >= 15 is 0 Å². The quantitative estimate of drug-likeness (QED) is 0.0588. The third kappa shape index (κ3) is 11.5. The van der Waals surface area contributed by atoms with Crippen LogP contribution >= 0.6 is 41.4 Å². The Morgan fingerprint density at radius 2 is 1.09 bits per heavy atom. The minimum atomic E-state index is -5.49. The maximum absolute atomic E-state index is 11.9. The van der Waals surface area contributed by atoms with Gasteiger partial charge in [0.1, 0.15) is 60.3 Å². The number of phosphoric ester groups is 1. The van der Waals surface area contributed by atoms with Crippen molar-refractivity contribution in [1.82, 2.24) is 39.0 Å². The predicted molar refractivity (Wildman–Crippen MR) is 196 cm³/mol. The molecule has 0 aliphatic carbocycles. The van der Waals surface area contributed by atoms with Gasteiger partial charge in [-0.25, -0.2) is 47.9 Å². The van der Waals surface area contributed by atoms with Gasteiger partial charge in [-0.05, 0) is 11.8 Å². The van der Waals surface area contributed by atoms with Crippen LogP contribution in [0.2, 0.25) is 0 Å². The minimum absolute atomic E-state index is 0. The number of nitrogens with zero attached hydrogens (tertiary/aromatic N) is 8. The first-order valence-corrected chi connectivity index (χ1v) is 22.7. The van der Waals surface area contributed by atoms with Crippen molar-refractivity contribution in [2.24, 2.45) is 0 Å². The lowest BCUT2D eigenvalue weighted by atomic mass is 10.1. The van der Waals surface area contributed by atoms with E-state index in [2.05, 4.69) is 71.6 Å². The molecule has 4 aromatic heterocycles. The second-order valence-electron chi connectivity index (χ2n) is 10.9. The highest BCUT2D eigenvalue weighted by Crippen LogP contribution is 2.66. The van der Waals surface area contributed by atoms with Crippen LogP contribution < -0.4 is 11.5 Å². The summed E-state index contributed by atoms with van der Waals surface area (Å²) in [5.41, 5.74) is 12.4. The van der Waals surface area contributed by atoms with Gasteiger partial charge in [0.05, 0.1) is 25.9 Å². The van der Waals surface area contributed by atoms with E-state index in [0.29, 0.717) is 11.2 Å². The molecule has 34 heteroatoms. The zero-order valence-corrected chi connectivity index (χ0v) is 31.7. The van der Waals surface area contributed by atoms with Crippen molar-refractivity contribution in [3.05, 3.63) is 25.3 Å². The van der Waals surface area contributed by atoms with Crippen molar-refractivity contribution < 1.29 is 85.7 Å². The third-order valence-corrected chi connectivity index (χ3v) is 12.5. The Balaban J connectivity index is 0.000000301. The van der Waals surface area contributed by atoms with Crippen LogP contribution in [-0.2, 0) is 52.6 Å². The van der Waals surface area contributed by atoms with Gasteiger partial charge in [-0.2, -0.15) is 4.31 Å². The number of hydrogen-bond donors (Lipinski definition) is 12. The number of rotatable bonds is 12. The fourth-order valence-corrected chi connectivity index (χ4v) is 9.28. The molecule has 11 atom stereocenters. The van der Waals surface area contributed by atoms with E-state index in [1.54, 1.807) is 0 Å². The summed E-state index contributed by atoms with van der Waals surface area (Å²) >= 11 is 7.33.